The van der Waals surface area contributed by atoms with E-state index in [1.807, 2.05) is 16.7 Å². The van der Waals surface area contributed by atoms with Gasteiger partial charge in [0.15, 0.2) is 39.3 Å². The van der Waals surface area contributed by atoms with Crippen LogP contribution < -0.4 is 15.0 Å². The van der Waals surface area contributed by atoms with Crippen molar-refractivity contribution in [2.75, 3.05) is 28.1 Å². The molecule has 2 aromatic heterocycles. The molecule has 190 valence electrons. The summed E-state index contributed by atoms with van der Waals surface area (Å²) in [6.07, 6.45) is 4.54. The zero-order valence-electron chi connectivity index (χ0n) is 20.3. The smallest absolute Gasteiger partial charge is 0.231 e. The molecule has 10 nitrogen and oxygen atoms in total. The summed E-state index contributed by atoms with van der Waals surface area (Å²) in [4.78, 5) is 13.2. The molecule has 5 rings (SSSR count). The normalized spacial score (nSPS) is 19.0. The average Bonchev–Trinajstić information content (AvgIpc) is 3.51. The summed E-state index contributed by atoms with van der Waals surface area (Å²) >= 11 is 5.04. The number of methoxy groups -OCH3 is 3. The van der Waals surface area contributed by atoms with Crippen molar-refractivity contribution in [1.82, 2.24) is 19.5 Å². The van der Waals surface area contributed by atoms with E-state index in [4.69, 9.17) is 34.1 Å². The first-order chi connectivity index (χ1) is 17.4. The van der Waals surface area contributed by atoms with E-state index < -0.39 is 0 Å². The van der Waals surface area contributed by atoms with Crippen molar-refractivity contribution < 1.29 is 23.7 Å². The van der Waals surface area contributed by atoms with Crippen molar-refractivity contribution in [3.63, 3.8) is 0 Å². The lowest BCUT2D eigenvalue weighted by Crippen LogP contribution is -2.23. The third kappa shape index (κ3) is 4.43. The SMILES string of the molecule is COC1=CC(CCn2cnc(=N)c3[nH]c(Sc4cc5c(cc4Br)OCO5)nc32)C(C)C(OC)=C1OC. The number of benzene rings is 1. The molecule has 1 aliphatic heterocycles. The molecule has 0 fully saturated rings. The summed E-state index contributed by atoms with van der Waals surface area (Å²) in [7, 11) is 4.89. The summed E-state index contributed by atoms with van der Waals surface area (Å²) in [5, 5.41) is 8.94. The highest BCUT2D eigenvalue weighted by Crippen LogP contribution is 2.42. The number of H-pyrrole nitrogens is 1. The van der Waals surface area contributed by atoms with Crippen LogP contribution in [0, 0.1) is 17.2 Å². The minimum atomic E-state index is 0.108. The zero-order valence-corrected chi connectivity index (χ0v) is 22.7. The number of halogens is 1. The highest BCUT2D eigenvalue weighted by atomic mass is 79.9. The van der Waals surface area contributed by atoms with E-state index in [-0.39, 0.29) is 24.1 Å². The Morgan fingerprint density at radius 2 is 1.97 bits per heavy atom. The Labute approximate surface area is 220 Å². The largest absolute Gasteiger partial charge is 0.497 e. The predicted octanol–water partition coefficient (Wildman–Crippen LogP) is 4.57. The molecule has 3 aromatic rings. The first-order valence-corrected chi connectivity index (χ1v) is 12.9. The van der Waals surface area contributed by atoms with Crippen LogP contribution in [-0.4, -0.2) is 47.6 Å². The van der Waals surface area contributed by atoms with Crippen LogP contribution >= 0.6 is 27.7 Å². The molecule has 0 amide bonds. The molecule has 1 aliphatic carbocycles. The lowest BCUT2D eigenvalue weighted by atomic mass is 9.84. The van der Waals surface area contributed by atoms with Crippen LogP contribution in [0.1, 0.15) is 13.3 Å². The summed E-state index contributed by atoms with van der Waals surface area (Å²) in [5.74, 6) is 3.73. The van der Waals surface area contributed by atoms with Gasteiger partial charge in [0.2, 0.25) is 6.79 Å². The number of imidazole rings is 1. The average molecular weight is 576 g/mol. The lowest BCUT2D eigenvalue weighted by Gasteiger charge is -2.30. The molecule has 0 saturated heterocycles. The molecule has 0 bridgehead atoms. The van der Waals surface area contributed by atoms with Crippen molar-refractivity contribution in [1.29, 1.82) is 5.41 Å². The van der Waals surface area contributed by atoms with Crippen LogP contribution in [0.25, 0.3) is 11.2 Å². The van der Waals surface area contributed by atoms with E-state index >= 15 is 0 Å². The van der Waals surface area contributed by atoms with Gasteiger partial charge in [-0.05, 0) is 46.5 Å². The van der Waals surface area contributed by atoms with Crippen LogP contribution in [0.2, 0.25) is 0 Å². The van der Waals surface area contributed by atoms with Gasteiger partial charge in [0, 0.05) is 21.8 Å². The molecule has 3 heterocycles. The molecule has 0 saturated carbocycles. The molecule has 2 atom stereocenters. The number of ether oxygens (including phenoxy) is 5. The van der Waals surface area contributed by atoms with Gasteiger partial charge in [0.25, 0.3) is 0 Å². The number of aromatic amines is 1. The first kappa shape index (κ1) is 24.6. The van der Waals surface area contributed by atoms with Crippen LogP contribution in [0.4, 0.5) is 0 Å². The van der Waals surface area contributed by atoms with Gasteiger partial charge in [0.1, 0.15) is 11.3 Å². The van der Waals surface area contributed by atoms with Crippen molar-refractivity contribution in [3.05, 3.63) is 51.8 Å². The van der Waals surface area contributed by atoms with Crippen molar-refractivity contribution in [2.24, 2.45) is 11.8 Å². The molecular weight excluding hydrogens is 550 g/mol. The number of rotatable bonds is 8. The van der Waals surface area contributed by atoms with Gasteiger partial charge in [-0.3, -0.25) is 5.41 Å². The third-order valence-electron chi connectivity index (χ3n) is 6.35. The number of fused-ring (bicyclic) bond motifs is 2. The van der Waals surface area contributed by atoms with Gasteiger partial charge in [0.05, 0.1) is 27.7 Å². The fourth-order valence-electron chi connectivity index (χ4n) is 4.45. The Morgan fingerprint density at radius 1 is 1.19 bits per heavy atom. The maximum Gasteiger partial charge on any atom is 0.231 e. The highest BCUT2D eigenvalue weighted by Gasteiger charge is 2.31. The van der Waals surface area contributed by atoms with Crippen LogP contribution in [0.3, 0.4) is 0 Å². The predicted molar refractivity (Wildman–Crippen MR) is 136 cm³/mol. The minimum absolute atomic E-state index is 0.108. The molecular formula is C24H26BrN5O5S. The second-order valence-electron chi connectivity index (χ2n) is 8.34. The fraction of sp³-hybridized carbons (Fsp3) is 0.375. The van der Waals surface area contributed by atoms with Gasteiger partial charge < -0.3 is 33.2 Å². The summed E-state index contributed by atoms with van der Waals surface area (Å²) in [6, 6.07) is 3.80. The molecule has 12 heteroatoms. The monoisotopic (exact) mass is 575 g/mol. The Bertz CT molecular complexity index is 1430. The van der Waals surface area contributed by atoms with Gasteiger partial charge in [-0.15, -0.1) is 0 Å². The first-order valence-electron chi connectivity index (χ1n) is 11.3. The summed E-state index contributed by atoms with van der Waals surface area (Å²) < 4.78 is 30.5. The van der Waals surface area contributed by atoms with Gasteiger partial charge >= 0.3 is 0 Å². The number of nitrogens with zero attached hydrogens (tertiary/aromatic N) is 3. The van der Waals surface area contributed by atoms with Crippen molar-refractivity contribution >= 4 is 38.9 Å². The van der Waals surface area contributed by atoms with Crippen LogP contribution in [0.15, 0.2) is 56.3 Å². The molecule has 2 aliphatic rings. The number of aromatic nitrogens is 4. The lowest BCUT2D eigenvalue weighted by molar-refractivity contribution is 0.142. The van der Waals surface area contributed by atoms with E-state index in [2.05, 4.69) is 38.9 Å². The number of hydrogen-bond acceptors (Lipinski definition) is 9. The summed E-state index contributed by atoms with van der Waals surface area (Å²) in [6.45, 7) is 2.97. The topological polar surface area (TPSA) is 117 Å². The van der Waals surface area contributed by atoms with E-state index in [1.54, 1.807) is 27.7 Å². The van der Waals surface area contributed by atoms with E-state index in [0.29, 0.717) is 45.9 Å². The second-order valence-corrected chi connectivity index (χ2v) is 10.2. The quantitative estimate of drug-likeness (QED) is 0.401. The number of aryl methyl sites for hydroxylation is 1. The maximum atomic E-state index is 8.29. The Hall–Kier alpha value is -3.12. The number of nitrogens with one attached hydrogen (secondary N) is 2. The number of allylic oxidation sites excluding steroid dienone is 2. The second kappa shape index (κ2) is 10.1. The Balaban J connectivity index is 1.40. The van der Waals surface area contributed by atoms with E-state index in [1.165, 1.54) is 11.8 Å². The van der Waals surface area contributed by atoms with Crippen LogP contribution in [0.5, 0.6) is 11.5 Å². The van der Waals surface area contributed by atoms with Gasteiger partial charge in [-0.1, -0.05) is 18.7 Å². The maximum absolute atomic E-state index is 8.29. The highest BCUT2D eigenvalue weighted by molar-refractivity contribution is 9.10. The van der Waals surface area contributed by atoms with Gasteiger partial charge in [-0.2, -0.15) is 0 Å². The minimum Gasteiger partial charge on any atom is -0.497 e. The number of hydrogen-bond donors (Lipinski definition) is 2. The fourth-order valence-corrected chi connectivity index (χ4v) is 5.84. The molecule has 1 aromatic carbocycles. The van der Waals surface area contributed by atoms with Crippen LogP contribution in [-0.2, 0) is 20.8 Å². The molecule has 0 radical (unpaired) electrons. The van der Waals surface area contributed by atoms with Crippen molar-refractivity contribution in [3.8, 4) is 11.5 Å². The molecule has 2 N–H and O–H groups in total. The zero-order chi connectivity index (χ0) is 25.4. The van der Waals surface area contributed by atoms with E-state index in [9.17, 15) is 0 Å². The Morgan fingerprint density at radius 3 is 2.69 bits per heavy atom. The third-order valence-corrected chi connectivity index (χ3v) is 8.21. The summed E-state index contributed by atoms with van der Waals surface area (Å²) in [5.41, 5.74) is 1.40. The van der Waals surface area contributed by atoms with E-state index in [0.717, 1.165) is 21.5 Å². The molecule has 2 unspecified atom stereocenters. The Kier molecular flexibility index (Phi) is 6.89. The molecule has 0 spiro atoms. The molecule has 36 heavy (non-hydrogen) atoms. The van der Waals surface area contributed by atoms with Gasteiger partial charge in [-0.25, -0.2) is 9.97 Å². The van der Waals surface area contributed by atoms with Crippen molar-refractivity contribution in [2.45, 2.75) is 29.9 Å². The standard InChI is InChI=1S/C24H26BrN5O5S/c1-12-13(7-17(31-2)21(33-4)20(12)32-3)5-6-30-10-27-22(26)19-23(30)29-24(28-19)36-18-9-16-15(8-14(18)25)34-11-35-16/h7-10,12-13,26H,5-6,11H2,1-4H3,(H,28,29).